The summed E-state index contributed by atoms with van der Waals surface area (Å²) < 4.78 is 13.9. The number of carbonyl (C=O) groups is 1. The lowest BCUT2D eigenvalue weighted by Gasteiger charge is -2.22. The smallest absolute Gasteiger partial charge is 0.311 e. The number of rotatable bonds is 7. The minimum atomic E-state index is -0.668. The Hall–Kier alpha value is -2.34. The fraction of sp³-hybridized carbons (Fsp3) is 0.364. The minimum absolute atomic E-state index is 0.213. The molecule has 0 N–H and O–H groups in total. The van der Waals surface area contributed by atoms with Gasteiger partial charge in [0.2, 0.25) is 0 Å². The summed E-state index contributed by atoms with van der Waals surface area (Å²) in [5.41, 5.74) is 2.35. The summed E-state index contributed by atoms with van der Waals surface area (Å²) in [6.07, 6.45) is 0.485. The van der Waals surface area contributed by atoms with Gasteiger partial charge in [-0.15, -0.1) is 0 Å². The van der Waals surface area contributed by atoms with E-state index < -0.39 is 5.41 Å². The lowest BCUT2D eigenvalue weighted by molar-refractivity contribution is -0.153. The van der Waals surface area contributed by atoms with Gasteiger partial charge in [-0.2, -0.15) is 0 Å². The number of fused-ring (bicyclic) bond motifs is 1. The quantitative estimate of drug-likeness (QED) is 0.481. The van der Waals surface area contributed by atoms with Crippen LogP contribution < -0.4 is 4.74 Å². The van der Waals surface area contributed by atoms with E-state index in [9.17, 15) is 4.79 Å². The third-order valence-corrected chi connectivity index (χ3v) is 5.25. The maximum absolute atomic E-state index is 12.4. The summed E-state index contributed by atoms with van der Waals surface area (Å²) in [6, 6.07) is 14.1. The summed E-state index contributed by atoms with van der Waals surface area (Å²) in [6.45, 7) is 6.65. The van der Waals surface area contributed by atoms with E-state index in [4.69, 9.17) is 14.5 Å². The summed E-state index contributed by atoms with van der Waals surface area (Å²) in [5.74, 6) is 1.42. The first-order valence-corrected chi connectivity index (χ1v) is 10.1. The molecule has 0 aliphatic rings. The topological polar surface area (TPSA) is 53.4 Å². The van der Waals surface area contributed by atoms with E-state index in [2.05, 4.69) is 32.6 Å². The standard InChI is InChI=1S/C22H25BrN2O3/c1-5-28-21(26)22(2,3)13-20-24-18-11-10-17(27-4)12-19(18)25(20)14-15-6-8-16(23)9-7-15/h6-12H,5,13-14H2,1-4H3. The van der Waals surface area contributed by atoms with Crippen molar-refractivity contribution in [3.05, 3.63) is 58.3 Å². The van der Waals surface area contributed by atoms with Gasteiger partial charge in [0.25, 0.3) is 0 Å². The maximum atomic E-state index is 12.4. The zero-order chi connectivity index (χ0) is 20.3. The van der Waals surface area contributed by atoms with Crippen LogP contribution in [0.3, 0.4) is 0 Å². The average Bonchev–Trinajstić information content (AvgIpc) is 2.99. The lowest BCUT2D eigenvalue weighted by Crippen LogP contribution is -2.30. The molecular weight excluding hydrogens is 420 g/mol. The van der Waals surface area contributed by atoms with Crippen LogP contribution in [-0.2, 0) is 22.5 Å². The Morgan fingerprint density at radius 3 is 2.54 bits per heavy atom. The number of aromatic nitrogens is 2. The van der Waals surface area contributed by atoms with E-state index >= 15 is 0 Å². The monoisotopic (exact) mass is 444 g/mol. The van der Waals surface area contributed by atoms with Crippen molar-refractivity contribution < 1.29 is 14.3 Å². The van der Waals surface area contributed by atoms with Crippen molar-refractivity contribution in [1.82, 2.24) is 9.55 Å². The number of ether oxygens (including phenoxy) is 2. The molecule has 0 amide bonds. The van der Waals surface area contributed by atoms with Gasteiger partial charge in [0.1, 0.15) is 11.6 Å². The minimum Gasteiger partial charge on any atom is -0.497 e. The van der Waals surface area contributed by atoms with Crippen molar-refractivity contribution in [3.8, 4) is 5.75 Å². The fourth-order valence-electron chi connectivity index (χ4n) is 3.16. The Morgan fingerprint density at radius 1 is 1.18 bits per heavy atom. The molecule has 0 fully saturated rings. The lowest BCUT2D eigenvalue weighted by atomic mass is 9.89. The molecule has 3 aromatic rings. The number of benzene rings is 2. The SMILES string of the molecule is CCOC(=O)C(C)(C)Cc1nc2ccc(OC)cc2n1Cc1ccc(Br)cc1. The second-order valence-corrected chi connectivity index (χ2v) is 8.29. The van der Waals surface area contributed by atoms with Crippen LogP contribution in [0.2, 0.25) is 0 Å². The maximum Gasteiger partial charge on any atom is 0.311 e. The molecule has 1 heterocycles. The van der Waals surface area contributed by atoms with Crippen LogP contribution in [0.1, 0.15) is 32.2 Å². The summed E-state index contributed by atoms with van der Waals surface area (Å²) >= 11 is 3.48. The van der Waals surface area contributed by atoms with Crippen molar-refractivity contribution in [2.75, 3.05) is 13.7 Å². The van der Waals surface area contributed by atoms with E-state index in [0.29, 0.717) is 19.6 Å². The van der Waals surface area contributed by atoms with E-state index in [0.717, 1.165) is 32.6 Å². The van der Waals surface area contributed by atoms with Crippen molar-refractivity contribution >= 4 is 32.9 Å². The third kappa shape index (κ3) is 4.38. The summed E-state index contributed by atoms with van der Waals surface area (Å²) in [4.78, 5) is 17.2. The van der Waals surface area contributed by atoms with Gasteiger partial charge in [0.05, 0.1) is 30.2 Å². The highest BCUT2D eigenvalue weighted by Crippen LogP contribution is 2.29. The molecule has 5 nitrogen and oxygen atoms in total. The molecule has 1 aromatic heterocycles. The van der Waals surface area contributed by atoms with Crippen LogP contribution in [0.4, 0.5) is 0 Å². The molecule has 2 aromatic carbocycles. The van der Waals surface area contributed by atoms with Crippen molar-refractivity contribution in [3.63, 3.8) is 0 Å². The van der Waals surface area contributed by atoms with Gasteiger partial charge < -0.3 is 14.0 Å². The predicted octanol–water partition coefficient (Wildman–Crippen LogP) is 4.99. The van der Waals surface area contributed by atoms with Crippen LogP contribution in [0, 0.1) is 5.41 Å². The molecule has 0 aliphatic carbocycles. The van der Waals surface area contributed by atoms with Crippen LogP contribution in [0.15, 0.2) is 46.9 Å². The molecular formula is C22H25BrN2O3. The Morgan fingerprint density at radius 2 is 1.89 bits per heavy atom. The van der Waals surface area contributed by atoms with Gasteiger partial charge in [0.15, 0.2) is 0 Å². The Kier molecular flexibility index (Phi) is 6.08. The highest BCUT2D eigenvalue weighted by atomic mass is 79.9. The molecule has 0 saturated heterocycles. The third-order valence-electron chi connectivity index (χ3n) is 4.72. The van der Waals surface area contributed by atoms with Crippen molar-refractivity contribution in [2.45, 2.75) is 33.7 Å². The number of nitrogens with zero attached hydrogens (tertiary/aromatic N) is 2. The van der Waals surface area contributed by atoms with Gasteiger partial charge in [-0.05, 0) is 50.6 Å². The van der Waals surface area contributed by atoms with Crippen molar-refractivity contribution in [1.29, 1.82) is 0 Å². The largest absolute Gasteiger partial charge is 0.497 e. The highest BCUT2D eigenvalue weighted by molar-refractivity contribution is 9.10. The van der Waals surface area contributed by atoms with Crippen molar-refractivity contribution in [2.24, 2.45) is 5.41 Å². The average molecular weight is 445 g/mol. The molecule has 0 bridgehead atoms. The molecule has 0 saturated carbocycles. The first-order chi connectivity index (χ1) is 13.3. The predicted molar refractivity (Wildman–Crippen MR) is 114 cm³/mol. The van der Waals surface area contributed by atoms with Crippen LogP contribution in [-0.4, -0.2) is 29.2 Å². The molecule has 0 radical (unpaired) electrons. The number of halogens is 1. The zero-order valence-corrected chi connectivity index (χ0v) is 18.2. The summed E-state index contributed by atoms with van der Waals surface area (Å²) in [7, 11) is 1.65. The molecule has 0 unspecified atom stereocenters. The van der Waals surface area contributed by atoms with Gasteiger partial charge in [0, 0.05) is 23.5 Å². The number of hydrogen-bond acceptors (Lipinski definition) is 4. The molecule has 6 heteroatoms. The van der Waals surface area contributed by atoms with E-state index in [1.165, 1.54) is 0 Å². The number of imidazole rings is 1. The zero-order valence-electron chi connectivity index (χ0n) is 16.7. The highest BCUT2D eigenvalue weighted by Gasteiger charge is 2.32. The van der Waals surface area contributed by atoms with Gasteiger partial charge in [-0.1, -0.05) is 28.1 Å². The molecule has 28 heavy (non-hydrogen) atoms. The Labute approximate surface area is 173 Å². The number of esters is 1. The normalized spacial score (nSPS) is 11.6. The Balaban J connectivity index is 2.05. The molecule has 3 rings (SSSR count). The van der Waals surface area contributed by atoms with E-state index in [1.54, 1.807) is 7.11 Å². The second kappa shape index (κ2) is 8.35. The van der Waals surface area contributed by atoms with Gasteiger partial charge in [-0.25, -0.2) is 4.98 Å². The molecule has 148 valence electrons. The number of methoxy groups -OCH3 is 1. The first-order valence-electron chi connectivity index (χ1n) is 9.29. The molecule has 0 spiro atoms. The fourth-order valence-corrected chi connectivity index (χ4v) is 3.42. The summed E-state index contributed by atoms with van der Waals surface area (Å²) in [5, 5.41) is 0. The second-order valence-electron chi connectivity index (χ2n) is 7.38. The van der Waals surface area contributed by atoms with E-state index in [1.807, 2.05) is 51.1 Å². The molecule has 0 aliphatic heterocycles. The number of hydrogen-bond donors (Lipinski definition) is 0. The number of carbonyl (C=O) groups excluding carboxylic acids is 1. The Bertz CT molecular complexity index is 977. The van der Waals surface area contributed by atoms with Crippen LogP contribution in [0.5, 0.6) is 5.75 Å². The van der Waals surface area contributed by atoms with Gasteiger partial charge >= 0.3 is 5.97 Å². The van der Waals surface area contributed by atoms with Crippen LogP contribution in [0.25, 0.3) is 11.0 Å². The van der Waals surface area contributed by atoms with E-state index in [-0.39, 0.29) is 5.97 Å². The van der Waals surface area contributed by atoms with Crippen LogP contribution >= 0.6 is 15.9 Å². The molecule has 0 atom stereocenters. The van der Waals surface area contributed by atoms with Gasteiger partial charge in [-0.3, -0.25) is 4.79 Å². The first kappa shape index (κ1) is 20.4.